The molecule has 0 radical (unpaired) electrons. The maximum absolute atomic E-state index is 11.8. The Morgan fingerprint density at radius 2 is 1.74 bits per heavy atom. The van der Waals surface area contributed by atoms with E-state index in [0.29, 0.717) is 24.0 Å². The summed E-state index contributed by atoms with van der Waals surface area (Å²) in [6, 6.07) is 0. The Kier molecular flexibility index (Phi) is 6.48. The number of esters is 3. The van der Waals surface area contributed by atoms with Crippen LogP contribution in [0.2, 0.25) is 0 Å². The maximum atomic E-state index is 11.8. The van der Waals surface area contributed by atoms with Crippen LogP contribution < -0.4 is 4.90 Å². The van der Waals surface area contributed by atoms with Crippen LogP contribution in [0, 0.1) is 0 Å². The summed E-state index contributed by atoms with van der Waals surface area (Å²) in [6.45, 7) is 4.14. The van der Waals surface area contributed by atoms with E-state index in [0.717, 1.165) is 0 Å². The third-order valence-corrected chi connectivity index (χ3v) is 4.95. The van der Waals surface area contributed by atoms with Gasteiger partial charge >= 0.3 is 17.9 Å². The number of hydrogen-bond acceptors (Lipinski definition) is 10. The van der Waals surface area contributed by atoms with Gasteiger partial charge in [0.2, 0.25) is 0 Å². The van der Waals surface area contributed by atoms with Crippen molar-refractivity contribution in [2.24, 2.45) is 4.99 Å². The summed E-state index contributed by atoms with van der Waals surface area (Å²) in [4.78, 5) is 47.6. The number of ether oxygens (including phenoxy) is 4. The summed E-state index contributed by atoms with van der Waals surface area (Å²) < 4.78 is 23.8. The van der Waals surface area contributed by atoms with E-state index in [2.05, 4.69) is 9.98 Å². The van der Waals surface area contributed by atoms with Gasteiger partial charge in [0, 0.05) is 41.9 Å². The Bertz CT molecular complexity index is 898. The van der Waals surface area contributed by atoms with E-state index >= 15 is 0 Å². The molecule has 4 atom stereocenters. The normalized spacial score (nSPS) is 26.6. The molecule has 0 spiro atoms. The molecule has 12 heteroatoms. The van der Waals surface area contributed by atoms with Crippen molar-refractivity contribution in [3.05, 3.63) is 12.0 Å². The third-order valence-electron chi connectivity index (χ3n) is 4.95. The minimum absolute atomic E-state index is 0.168. The van der Waals surface area contributed by atoms with Crippen molar-refractivity contribution in [3.8, 4) is 0 Å². The van der Waals surface area contributed by atoms with E-state index in [1.165, 1.54) is 20.8 Å². The molecule has 0 bridgehead atoms. The van der Waals surface area contributed by atoms with Crippen LogP contribution in [0.3, 0.4) is 0 Å². The van der Waals surface area contributed by atoms with Gasteiger partial charge < -0.3 is 28.7 Å². The summed E-state index contributed by atoms with van der Waals surface area (Å²) in [5, 5.41) is 0. The molecule has 3 heterocycles. The molecular formula is C19H27N5O7. The molecule has 3 rings (SSSR count). The molecule has 0 aromatic carbocycles. The molecular weight excluding hydrogens is 410 g/mol. The highest BCUT2D eigenvalue weighted by molar-refractivity contribution is 6.02. The van der Waals surface area contributed by atoms with Gasteiger partial charge in [-0.2, -0.15) is 0 Å². The van der Waals surface area contributed by atoms with Gasteiger partial charge in [-0.3, -0.25) is 23.9 Å². The molecule has 0 N–H and O–H groups in total. The minimum Gasteiger partial charge on any atom is -0.463 e. The van der Waals surface area contributed by atoms with Crippen LogP contribution in [0.4, 0.5) is 5.82 Å². The highest BCUT2D eigenvalue weighted by Crippen LogP contribution is 2.38. The molecule has 2 aliphatic heterocycles. The molecule has 0 amide bonds. The molecule has 0 unspecified atom stereocenters. The number of rotatable bonds is 5. The smallest absolute Gasteiger partial charge is 0.303 e. The second-order valence-electron chi connectivity index (χ2n) is 7.42. The average molecular weight is 437 g/mol. The Hall–Kier alpha value is -3.15. The van der Waals surface area contributed by atoms with Gasteiger partial charge in [-0.1, -0.05) is 0 Å². The number of fused-ring (bicyclic) bond motifs is 1. The number of amidine groups is 1. The fourth-order valence-corrected chi connectivity index (χ4v) is 3.90. The van der Waals surface area contributed by atoms with E-state index in [1.807, 2.05) is 23.9 Å². The molecule has 0 aliphatic carbocycles. The van der Waals surface area contributed by atoms with Crippen molar-refractivity contribution >= 4 is 29.6 Å². The second-order valence-corrected chi connectivity index (χ2v) is 7.42. The standard InChI is InChI=1S/C19H27N5O7/c1-10(25)28-7-13-15(29-11(2)26)16(30-12(3)27)19(31-13)24-8-21-14-17(20-4)22(5)9-23(6)18(14)24/h8,13,15-16,19H,7,9H2,1-6H3/t13-,15-,16-,19-/m1/s1. The number of aliphatic imine (C=N–C) groups is 1. The van der Waals surface area contributed by atoms with Crippen molar-refractivity contribution in [1.29, 1.82) is 0 Å². The first-order valence-corrected chi connectivity index (χ1v) is 9.73. The lowest BCUT2D eigenvalue weighted by molar-refractivity contribution is -0.166. The number of hydrogen-bond donors (Lipinski definition) is 0. The zero-order valence-corrected chi connectivity index (χ0v) is 18.4. The van der Waals surface area contributed by atoms with E-state index in [4.69, 9.17) is 18.9 Å². The third kappa shape index (κ3) is 4.48. The predicted octanol–water partition coefficient (Wildman–Crippen LogP) is -0.0775. The fourth-order valence-electron chi connectivity index (χ4n) is 3.90. The number of aromatic nitrogens is 2. The predicted molar refractivity (Wildman–Crippen MR) is 107 cm³/mol. The minimum atomic E-state index is -0.977. The van der Waals surface area contributed by atoms with Gasteiger partial charge in [0.05, 0.1) is 13.0 Å². The van der Waals surface area contributed by atoms with Crippen LogP contribution in [-0.4, -0.2) is 90.9 Å². The number of nitrogens with zero attached hydrogens (tertiary/aromatic N) is 5. The molecule has 12 nitrogen and oxygen atoms in total. The van der Waals surface area contributed by atoms with Gasteiger partial charge in [-0.15, -0.1) is 0 Å². The van der Waals surface area contributed by atoms with Crippen LogP contribution in [0.15, 0.2) is 11.3 Å². The lowest BCUT2D eigenvalue weighted by Gasteiger charge is -2.35. The first kappa shape index (κ1) is 22.5. The van der Waals surface area contributed by atoms with Crippen LogP contribution >= 0.6 is 0 Å². The molecule has 0 saturated carbocycles. The highest BCUT2D eigenvalue weighted by atomic mass is 16.7. The topological polar surface area (TPSA) is 125 Å². The van der Waals surface area contributed by atoms with Crippen molar-refractivity contribution < 1.29 is 33.3 Å². The largest absolute Gasteiger partial charge is 0.463 e. The van der Waals surface area contributed by atoms with Crippen molar-refractivity contribution in [2.75, 3.05) is 39.3 Å². The average Bonchev–Trinajstić information content (AvgIpc) is 3.22. The van der Waals surface area contributed by atoms with Gasteiger partial charge in [-0.25, -0.2) is 4.98 Å². The summed E-state index contributed by atoms with van der Waals surface area (Å²) >= 11 is 0. The summed E-state index contributed by atoms with van der Waals surface area (Å²) in [5.41, 5.74) is 0.636. The van der Waals surface area contributed by atoms with Gasteiger partial charge in [0.25, 0.3) is 0 Å². The Morgan fingerprint density at radius 1 is 1.10 bits per heavy atom. The Morgan fingerprint density at radius 3 is 2.32 bits per heavy atom. The lowest BCUT2D eigenvalue weighted by atomic mass is 10.1. The molecule has 1 aromatic rings. The van der Waals surface area contributed by atoms with Gasteiger partial charge in [0.15, 0.2) is 24.3 Å². The Balaban J connectivity index is 2.03. The van der Waals surface area contributed by atoms with Crippen molar-refractivity contribution in [2.45, 2.75) is 45.3 Å². The quantitative estimate of drug-likeness (QED) is 0.456. The second kappa shape index (κ2) is 8.92. The zero-order chi connectivity index (χ0) is 22.9. The van der Waals surface area contributed by atoms with Crippen LogP contribution in [0.25, 0.3) is 0 Å². The summed E-state index contributed by atoms with van der Waals surface area (Å²) in [5.74, 6) is -0.255. The first-order chi connectivity index (χ1) is 14.6. The van der Waals surface area contributed by atoms with Gasteiger partial charge in [0.1, 0.15) is 24.2 Å². The maximum Gasteiger partial charge on any atom is 0.303 e. The molecule has 2 aliphatic rings. The molecule has 1 fully saturated rings. The van der Waals surface area contributed by atoms with E-state index < -0.39 is 42.4 Å². The highest BCUT2D eigenvalue weighted by Gasteiger charge is 2.51. The Labute approximate surface area is 179 Å². The summed E-state index contributed by atoms with van der Waals surface area (Å²) in [6.07, 6.45) is -2.09. The number of carbonyl (C=O) groups is 3. The van der Waals surface area contributed by atoms with Crippen molar-refractivity contribution in [1.82, 2.24) is 14.5 Å². The van der Waals surface area contributed by atoms with Crippen LogP contribution in [0.5, 0.6) is 0 Å². The van der Waals surface area contributed by atoms with Crippen molar-refractivity contribution in [3.63, 3.8) is 0 Å². The van der Waals surface area contributed by atoms with E-state index in [-0.39, 0.29) is 6.61 Å². The summed E-state index contributed by atoms with van der Waals surface area (Å²) in [7, 11) is 5.47. The first-order valence-electron chi connectivity index (χ1n) is 9.73. The van der Waals surface area contributed by atoms with Crippen LogP contribution in [0.1, 0.15) is 32.7 Å². The SMILES string of the molecule is CN=C1c2ncn([C@@H]3O[C@H](COC(C)=O)[C@@H](OC(C)=O)[C@H]3OC(C)=O)c2N(C)CN1C. The van der Waals surface area contributed by atoms with Crippen LogP contribution in [-0.2, 0) is 33.3 Å². The van der Waals surface area contributed by atoms with E-state index in [9.17, 15) is 14.4 Å². The number of anilines is 1. The molecule has 31 heavy (non-hydrogen) atoms. The van der Waals surface area contributed by atoms with E-state index in [1.54, 1.807) is 17.9 Å². The molecule has 1 aromatic heterocycles. The zero-order valence-electron chi connectivity index (χ0n) is 18.4. The number of imidazole rings is 1. The number of carbonyl (C=O) groups excluding carboxylic acids is 3. The fraction of sp³-hybridized carbons (Fsp3) is 0.632. The molecule has 170 valence electrons. The lowest BCUT2D eigenvalue weighted by Crippen LogP contribution is -2.45. The van der Waals surface area contributed by atoms with Gasteiger partial charge in [-0.05, 0) is 0 Å². The monoisotopic (exact) mass is 437 g/mol. The molecule has 1 saturated heterocycles.